The molecule has 20 heavy (non-hydrogen) atoms. The van der Waals surface area contributed by atoms with Crippen LogP contribution >= 0.6 is 0 Å². The summed E-state index contributed by atoms with van der Waals surface area (Å²) in [6.45, 7) is 0. The standard InChI is InChI=1S/C13H12N6O/c1-20-10-5-3-2-4-9(10)6-18-19-13-11-12(15-7-14-11)16-8-17-13/h2-8H,1H3,(H2,14,15,16,17,19)/b18-6+. The second-order valence-corrected chi connectivity index (χ2v) is 3.93. The van der Waals surface area contributed by atoms with E-state index in [1.807, 2.05) is 24.3 Å². The molecule has 3 aromatic rings. The summed E-state index contributed by atoms with van der Waals surface area (Å²) >= 11 is 0. The number of H-pyrrole nitrogens is 1. The van der Waals surface area contributed by atoms with Crippen LogP contribution < -0.4 is 10.2 Å². The summed E-state index contributed by atoms with van der Waals surface area (Å²) in [5.41, 5.74) is 5.03. The maximum Gasteiger partial charge on any atom is 0.177 e. The number of benzene rings is 1. The molecule has 7 heteroatoms. The zero-order chi connectivity index (χ0) is 13.8. The van der Waals surface area contributed by atoms with Crippen molar-refractivity contribution >= 4 is 23.2 Å². The molecule has 3 rings (SSSR count). The number of aromatic amines is 1. The molecule has 0 aliphatic rings. The second kappa shape index (κ2) is 5.35. The number of nitrogens with one attached hydrogen (secondary N) is 2. The van der Waals surface area contributed by atoms with E-state index in [0.29, 0.717) is 17.0 Å². The van der Waals surface area contributed by atoms with Crippen LogP contribution in [0.25, 0.3) is 11.2 Å². The highest BCUT2D eigenvalue weighted by molar-refractivity contribution is 5.86. The number of para-hydroxylation sites is 1. The molecule has 100 valence electrons. The molecule has 0 aliphatic carbocycles. The predicted octanol–water partition coefficient (Wildman–Crippen LogP) is 1.81. The van der Waals surface area contributed by atoms with Crippen LogP contribution in [0, 0.1) is 0 Å². The van der Waals surface area contributed by atoms with Crippen LogP contribution in [-0.4, -0.2) is 33.3 Å². The number of fused-ring (bicyclic) bond motifs is 1. The summed E-state index contributed by atoms with van der Waals surface area (Å²) in [5.74, 6) is 1.30. The average Bonchev–Trinajstić information content (AvgIpc) is 2.97. The predicted molar refractivity (Wildman–Crippen MR) is 75.9 cm³/mol. The molecule has 2 heterocycles. The summed E-state index contributed by atoms with van der Waals surface area (Å²) in [4.78, 5) is 15.2. The van der Waals surface area contributed by atoms with Gasteiger partial charge in [-0.15, -0.1) is 0 Å². The molecule has 0 spiro atoms. The Morgan fingerprint density at radius 3 is 3.05 bits per heavy atom. The first-order valence-electron chi connectivity index (χ1n) is 5.94. The van der Waals surface area contributed by atoms with Gasteiger partial charge in [0.15, 0.2) is 17.0 Å². The zero-order valence-electron chi connectivity index (χ0n) is 10.7. The van der Waals surface area contributed by atoms with Gasteiger partial charge in [-0.3, -0.25) is 5.43 Å². The van der Waals surface area contributed by atoms with Crippen LogP contribution in [0.5, 0.6) is 5.75 Å². The maximum absolute atomic E-state index is 5.24. The first kappa shape index (κ1) is 12.1. The van der Waals surface area contributed by atoms with E-state index in [1.165, 1.54) is 6.33 Å². The Balaban J connectivity index is 1.82. The van der Waals surface area contributed by atoms with Gasteiger partial charge < -0.3 is 9.72 Å². The molecule has 0 radical (unpaired) electrons. The van der Waals surface area contributed by atoms with E-state index in [0.717, 1.165) is 11.3 Å². The SMILES string of the molecule is COc1ccccc1/C=N/Nc1ncnc2[nH]cnc12. The highest BCUT2D eigenvalue weighted by atomic mass is 16.5. The van der Waals surface area contributed by atoms with Crippen LogP contribution in [0.15, 0.2) is 42.0 Å². The number of hydrazone groups is 1. The number of hydrogen-bond donors (Lipinski definition) is 2. The largest absolute Gasteiger partial charge is 0.496 e. The van der Waals surface area contributed by atoms with Gasteiger partial charge in [-0.1, -0.05) is 12.1 Å². The normalized spacial score (nSPS) is 11.1. The molecule has 0 fully saturated rings. The highest BCUT2D eigenvalue weighted by Gasteiger charge is 2.04. The van der Waals surface area contributed by atoms with Crippen LogP contribution in [0.1, 0.15) is 5.56 Å². The van der Waals surface area contributed by atoms with Crippen LogP contribution in [0.4, 0.5) is 5.82 Å². The van der Waals surface area contributed by atoms with E-state index in [-0.39, 0.29) is 0 Å². The molecular weight excluding hydrogens is 256 g/mol. The first-order valence-corrected chi connectivity index (χ1v) is 5.94. The Kier molecular flexibility index (Phi) is 3.24. The molecule has 2 aromatic heterocycles. The molecule has 2 N–H and O–H groups in total. The van der Waals surface area contributed by atoms with Crippen LogP contribution in [0.3, 0.4) is 0 Å². The van der Waals surface area contributed by atoms with E-state index in [2.05, 4.69) is 30.5 Å². The third-order valence-corrected chi connectivity index (χ3v) is 2.73. The van der Waals surface area contributed by atoms with Gasteiger partial charge >= 0.3 is 0 Å². The lowest BCUT2D eigenvalue weighted by atomic mass is 10.2. The van der Waals surface area contributed by atoms with Crippen LogP contribution in [-0.2, 0) is 0 Å². The molecule has 0 unspecified atom stereocenters. The third kappa shape index (κ3) is 2.28. The molecule has 1 aromatic carbocycles. The average molecular weight is 268 g/mol. The molecule has 0 aliphatic heterocycles. The van der Waals surface area contributed by atoms with Gasteiger partial charge in [0.05, 0.1) is 19.7 Å². The quantitative estimate of drug-likeness (QED) is 0.556. The Hall–Kier alpha value is -2.96. The van der Waals surface area contributed by atoms with Gasteiger partial charge in [0, 0.05) is 5.56 Å². The monoisotopic (exact) mass is 268 g/mol. The van der Waals surface area contributed by atoms with E-state index < -0.39 is 0 Å². The molecule has 0 bridgehead atoms. The lowest BCUT2D eigenvalue weighted by Gasteiger charge is -2.03. The maximum atomic E-state index is 5.24. The van der Waals surface area contributed by atoms with E-state index in [4.69, 9.17) is 4.74 Å². The highest BCUT2D eigenvalue weighted by Crippen LogP contribution is 2.16. The number of methoxy groups -OCH3 is 1. The molecular formula is C13H12N6O. The first-order chi connectivity index (χ1) is 9.88. The number of rotatable bonds is 4. The lowest BCUT2D eigenvalue weighted by Crippen LogP contribution is -1.96. The number of aromatic nitrogens is 4. The van der Waals surface area contributed by atoms with Crippen molar-refractivity contribution in [2.75, 3.05) is 12.5 Å². The van der Waals surface area contributed by atoms with Crippen molar-refractivity contribution in [1.82, 2.24) is 19.9 Å². The molecule has 0 amide bonds. The minimum atomic E-state index is 0.544. The molecule has 0 saturated carbocycles. The number of ether oxygens (including phenoxy) is 1. The zero-order valence-corrected chi connectivity index (χ0v) is 10.7. The molecule has 7 nitrogen and oxygen atoms in total. The van der Waals surface area contributed by atoms with Gasteiger partial charge in [-0.25, -0.2) is 15.0 Å². The summed E-state index contributed by atoms with van der Waals surface area (Å²) in [7, 11) is 1.62. The summed E-state index contributed by atoms with van der Waals surface area (Å²) in [5, 5.41) is 4.15. The lowest BCUT2D eigenvalue weighted by molar-refractivity contribution is 0.414. The number of nitrogens with zero attached hydrogens (tertiary/aromatic N) is 4. The van der Waals surface area contributed by atoms with Crippen LogP contribution in [0.2, 0.25) is 0 Å². The third-order valence-electron chi connectivity index (χ3n) is 2.73. The van der Waals surface area contributed by atoms with Crippen molar-refractivity contribution in [2.24, 2.45) is 5.10 Å². The van der Waals surface area contributed by atoms with Gasteiger partial charge in [0.1, 0.15) is 12.1 Å². The van der Waals surface area contributed by atoms with Gasteiger partial charge in [0.25, 0.3) is 0 Å². The minimum Gasteiger partial charge on any atom is -0.496 e. The number of anilines is 1. The number of hydrogen-bond acceptors (Lipinski definition) is 6. The van der Waals surface area contributed by atoms with Crippen molar-refractivity contribution in [1.29, 1.82) is 0 Å². The molecule has 0 saturated heterocycles. The fourth-order valence-corrected chi connectivity index (χ4v) is 1.78. The van der Waals surface area contributed by atoms with Crippen molar-refractivity contribution in [3.63, 3.8) is 0 Å². The Bertz CT molecular complexity index is 751. The summed E-state index contributed by atoms with van der Waals surface area (Å²) in [6.07, 6.45) is 4.68. The van der Waals surface area contributed by atoms with Gasteiger partial charge in [0.2, 0.25) is 0 Å². The van der Waals surface area contributed by atoms with Crippen molar-refractivity contribution < 1.29 is 4.74 Å². The van der Waals surface area contributed by atoms with E-state index >= 15 is 0 Å². The Morgan fingerprint density at radius 1 is 1.25 bits per heavy atom. The molecule has 0 atom stereocenters. The summed E-state index contributed by atoms with van der Waals surface area (Å²) in [6, 6.07) is 7.60. The second-order valence-electron chi connectivity index (χ2n) is 3.93. The number of imidazole rings is 1. The van der Waals surface area contributed by atoms with Gasteiger partial charge in [-0.05, 0) is 12.1 Å². The fourth-order valence-electron chi connectivity index (χ4n) is 1.78. The minimum absolute atomic E-state index is 0.544. The van der Waals surface area contributed by atoms with Crippen molar-refractivity contribution in [3.8, 4) is 5.75 Å². The smallest absolute Gasteiger partial charge is 0.177 e. The Morgan fingerprint density at radius 2 is 2.15 bits per heavy atom. The van der Waals surface area contributed by atoms with Crippen molar-refractivity contribution in [2.45, 2.75) is 0 Å². The van der Waals surface area contributed by atoms with Gasteiger partial charge in [-0.2, -0.15) is 5.10 Å². The van der Waals surface area contributed by atoms with E-state index in [1.54, 1.807) is 19.7 Å². The fraction of sp³-hybridized carbons (Fsp3) is 0.0769. The topological polar surface area (TPSA) is 88.1 Å². The Labute approximate surface area is 114 Å². The van der Waals surface area contributed by atoms with Crippen molar-refractivity contribution in [3.05, 3.63) is 42.5 Å². The van der Waals surface area contributed by atoms with E-state index in [9.17, 15) is 0 Å². The summed E-state index contributed by atoms with van der Waals surface area (Å²) < 4.78 is 5.24.